The fraction of sp³-hybridized carbons (Fsp3) is 0.400. The first-order valence-electron chi connectivity index (χ1n) is 5.07. The van der Waals surface area contributed by atoms with E-state index >= 15 is 0 Å². The van der Waals surface area contributed by atoms with E-state index in [1.807, 2.05) is 6.92 Å². The molecule has 100 valence electrons. The molecule has 0 saturated heterocycles. The summed E-state index contributed by atoms with van der Waals surface area (Å²) in [6.45, 7) is 2.33. The van der Waals surface area contributed by atoms with Gasteiger partial charge >= 0.3 is 0 Å². The van der Waals surface area contributed by atoms with Crippen LogP contribution in [0.25, 0.3) is 10.4 Å². The molecule has 0 fully saturated rings. The van der Waals surface area contributed by atoms with Gasteiger partial charge in [-0.1, -0.05) is 22.8 Å². The zero-order valence-electron chi connectivity index (χ0n) is 9.89. The first-order chi connectivity index (χ1) is 8.41. The minimum absolute atomic E-state index is 0.0666. The van der Waals surface area contributed by atoms with Gasteiger partial charge < -0.3 is 5.11 Å². The lowest BCUT2D eigenvalue weighted by atomic mass is 10.2. The summed E-state index contributed by atoms with van der Waals surface area (Å²) < 4.78 is 29.6. The second-order valence-corrected chi connectivity index (χ2v) is 4.74. The third kappa shape index (κ3) is 7.64. The smallest absolute Gasteiger partial charge is 0.294 e. The summed E-state index contributed by atoms with van der Waals surface area (Å²) in [5.41, 5.74) is 8.63. The molecule has 0 spiro atoms. The highest BCUT2D eigenvalue weighted by molar-refractivity contribution is 7.85. The van der Waals surface area contributed by atoms with Crippen molar-refractivity contribution >= 4 is 10.1 Å². The summed E-state index contributed by atoms with van der Waals surface area (Å²) in [6.07, 6.45) is 0.560. The van der Waals surface area contributed by atoms with Crippen molar-refractivity contribution in [3.63, 3.8) is 0 Å². The van der Waals surface area contributed by atoms with Gasteiger partial charge in [0.2, 0.25) is 0 Å². The van der Waals surface area contributed by atoms with Crippen LogP contribution in [-0.4, -0.2) is 31.2 Å². The minimum Gasteiger partial charge on any atom is -0.396 e. The van der Waals surface area contributed by atoms with Crippen LogP contribution in [0.1, 0.15) is 12.0 Å². The predicted octanol–water partition coefficient (Wildman–Crippen LogP) is 1.92. The van der Waals surface area contributed by atoms with Gasteiger partial charge in [0, 0.05) is 18.1 Å². The van der Waals surface area contributed by atoms with Crippen LogP contribution in [0.5, 0.6) is 0 Å². The first-order valence-corrected chi connectivity index (χ1v) is 6.51. The van der Waals surface area contributed by atoms with E-state index in [4.69, 9.17) is 15.2 Å². The summed E-state index contributed by atoms with van der Waals surface area (Å²) in [7, 11) is -4.02. The number of aliphatic hydroxyl groups excluding tert-OH is 1. The van der Waals surface area contributed by atoms with E-state index in [1.165, 1.54) is 12.1 Å². The largest absolute Gasteiger partial charge is 0.396 e. The van der Waals surface area contributed by atoms with Crippen molar-refractivity contribution in [2.24, 2.45) is 5.11 Å². The van der Waals surface area contributed by atoms with E-state index in [9.17, 15) is 8.42 Å². The Kier molecular flexibility index (Phi) is 7.73. The normalized spacial score (nSPS) is 9.94. The van der Waals surface area contributed by atoms with Gasteiger partial charge in [-0.05, 0) is 31.0 Å². The van der Waals surface area contributed by atoms with Gasteiger partial charge in [0.1, 0.15) is 0 Å². The number of aliphatic hydroxyl groups is 1. The molecule has 1 rings (SSSR count). The van der Waals surface area contributed by atoms with Gasteiger partial charge in [-0.2, -0.15) is 8.42 Å². The molecular weight excluding hydrogens is 258 g/mol. The number of rotatable bonds is 4. The van der Waals surface area contributed by atoms with Crippen LogP contribution in [0.4, 0.5) is 0 Å². The van der Waals surface area contributed by atoms with Crippen molar-refractivity contribution in [2.45, 2.75) is 18.2 Å². The highest BCUT2D eigenvalue weighted by Crippen LogP contribution is 2.08. The summed E-state index contributed by atoms with van der Waals surface area (Å²) in [4.78, 5) is 2.42. The fourth-order valence-corrected chi connectivity index (χ4v) is 1.38. The lowest BCUT2D eigenvalue weighted by Crippen LogP contribution is -1.96. The Morgan fingerprint density at radius 3 is 2.28 bits per heavy atom. The predicted molar refractivity (Wildman–Crippen MR) is 66.7 cm³/mol. The third-order valence-corrected chi connectivity index (χ3v) is 2.67. The Bertz CT molecular complexity index is 492. The topological polar surface area (TPSA) is 123 Å². The first kappa shape index (κ1) is 16.4. The van der Waals surface area contributed by atoms with E-state index in [-0.39, 0.29) is 11.5 Å². The zero-order valence-corrected chi connectivity index (χ0v) is 10.7. The molecule has 0 aliphatic heterocycles. The number of hydrogen-bond acceptors (Lipinski definition) is 4. The fourth-order valence-electron chi connectivity index (χ4n) is 0.896. The number of nitrogens with zero attached hydrogens (tertiary/aromatic N) is 3. The van der Waals surface area contributed by atoms with Crippen molar-refractivity contribution < 1.29 is 18.1 Å². The Hall–Kier alpha value is -1.60. The van der Waals surface area contributed by atoms with Gasteiger partial charge in [0.25, 0.3) is 10.1 Å². The highest BCUT2D eigenvalue weighted by Gasteiger charge is 2.06. The number of aryl methyl sites for hydroxylation is 1. The maximum Gasteiger partial charge on any atom is 0.294 e. The average Bonchev–Trinajstić information content (AvgIpc) is 2.30. The van der Waals surface area contributed by atoms with Crippen LogP contribution in [0.15, 0.2) is 34.3 Å². The van der Waals surface area contributed by atoms with Crippen LogP contribution in [0.3, 0.4) is 0 Å². The molecule has 18 heavy (non-hydrogen) atoms. The molecule has 8 heteroatoms. The van der Waals surface area contributed by atoms with Gasteiger partial charge in [0.05, 0.1) is 4.90 Å². The van der Waals surface area contributed by atoms with Crippen LogP contribution in [0, 0.1) is 6.92 Å². The third-order valence-electron chi connectivity index (χ3n) is 1.80. The van der Waals surface area contributed by atoms with Crippen molar-refractivity contribution in [1.29, 1.82) is 0 Å². The molecule has 0 unspecified atom stereocenters. The molecule has 0 aromatic heterocycles. The standard InChI is InChI=1S/C7H8O3S.C3H7N3O/c1-6-2-4-7(5-3-6)11(8,9)10;4-6-5-2-1-3-7/h2-5H,1H3,(H,8,9,10);7H,1-3H2. The summed E-state index contributed by atoms with van der Waals surface area (Å²) in [5, 5.41) is 11.3. The van der Waals surface area contributed by atoms with Gasteiger partial charge in [-0.15, -0.1) is 0 Å². The molecule has 0 aliphatic carbocycles. The maximum atomic E-state index is 10.5. The molecule has 0 bridgehead atoms. The molecule has 0 aliphatic rings. The second-order valence-electron chi connectivity index (χ2n) is 3.32. The molecule has 2 N–H and O–H groups in total. The molecule has 0 saturated carbocycles. The monoisotopic (exact) mass is 273 g/mol. The van der Waals surface area contributed by atoms with E-state index in [1.54, 1.807) is 12.1 Å². The number of azide groups is 1. The average molecular weight is 273 g/mol. The van der Waals surface area contributed by atoms with E-state index in [2.05, 4.69) is 10.0 Å². The molecule has 7 nitrogen and oxygen atoms in total. The lowest BCUT2D eigenvalue weighted by Gasteiger charge is -1.95. The molecular formula is C10H15N3O4S. The summed E-state index contributed by atoms with van der Waals surface area (Å²) in [5.74, 6) is 0. The van der Waals surface area contributed by atoms with E-state index in [0.717, 1.165) is 5.56 Å². The van der Waals surface area contributed by atoms with Crippen molar-refractivity contribution in [2.75, 3.05) is 13.2 Å². The molecule has 0 amide bonds. The summed E-state index contributed by atoms with van der Waals surface area (Å²) in [6, 6.07) is 5.99. The highest BCUT2D eigenvalue weighted by atomic mass is 32.2. The van der Waals surface area contributed by atoms with Gasteiger partial charge in [-0.25, -0.2) is 0 Å². The van der Waals surface area contributed by atoms with Gasteiger partial charge in [0.15, 0.2) is 0 Å². The molecule has 0 atom stereocenters. The zero-order chi connectivity index (χ0) is 14.0. The van der Waals surface area contributed by atoms with Gasteiger partial charge in [-0.3, -0.25) is 4.55 Å². The Balaban J connectivity index is 0.000000360. The van der Waals surface area contributed by atoms with Crippen LogP contribution >= 0.6 is 0 Å². The van der Waals surface area contributed by atoms with E-state index in [0.29, 0.717) is 13.0 Å². The van der Waals surface area contributed by atoms with Crippen molar-refractivity contribution in [3.8, 4) is 0 Å². The Labute approximate surface area is 105 Å². The Morgan fingerprint density at radius 1 is 1.33 bits per heavy atom. The van der Waals surface area contributed by atoms with Crippen molar-refractivity contribution in [3.05, 3.63) is 40.3 Å². The number of hydrogen-bond donors (Lipinski definition) is 2. The van der Waals surface area contributed by atoms with Crippen LogP contribution in [-0.2, 0) is 10.1 Å². The minimum atomic E-state index is -4.02. The maximum absolute atomic E-state index is 10.5. The quantitative estimate of drug-likeness (QED) is 0.286. The summed E-state index contributed by atoms with van der Waals surface area (Å²) >= 11 is 0. The molecule has 1 aromatic rings. The Morgan fingerprint density at radius 2 is 1.89 bits per heavy atom. The van der Waals surface area contributed by atoms with Crippen LogP contribution in [0.2, 0.25) is 0 Å². The van der Waals surface area contributed by atoms with Crippen LogP contribution < -0.4 is 0 Å². The lowest BCUT2D eigenvalue weighted by molar-refractivity contribution is 0.291. The molecule has 0 radical (unpaired) electrons. The SMILES string of the molecule is Cc1ccc(S(=O)(=O)O)cc1.[N-]=[N+]=NCCCO. The number of benzene rings is 1. The van der Waals surface area contributed by atoms with Crippen molar-refractivity contribution in [1.82, 2.24) is 0 Å². The molecule has 0 heterocycles. The molecule has 1 aromatic carbocycles. The second kappa shape index (κ2) is 8.48. The van der Waals surface area contributed by atoms with E-state index < -0.39 is 10.1 Å².